The maximum absolute atomic E-state index is 13.1. The highest BCUT2D eigenvalue weighted by Gasteiger charge is 2.17. The highest BCUT2D eigenvalue weighted by atomic mass is 32.2. The fraction of sp³-hybridized carbons (Fsp3) is 0.296. The molecule has 0 saturated carbocycles. The molecule has 0 aromatic heterocycles. The molecule has 0 spiro atoms. The molecule has 0 aliphatic heterocycles. The zero-order valence-corrected chi connectivity index (χ0v) is 19.1. The Morgan fingerprint density at radius 2 is 1.94 bits per heavy atom. The summed E-state index contributed by atoms with van der Waals surface area (Å²) in [4.78, 5) is 32.7. The Morgan fingerprint density at radius 1 is 1.09 bits per heavy atom. The van der Waals surface area contributed by atoms with Gasteiger partial charge in [-0.2, -0.15) is 0 Å². The summed E-state index contributed by atoms with van der Waals surface area (Å²) < 4.78 is 0. The van der Waals surface area contributed by atoms with Gasteiger partial charge in [0, 0.05) is 21.4 Å². The molecule has 5 heteroatoms. The first-order chi connectivity index (χ1) is 15.7. The molecule has 0 fully saturated rings. The second-order valence-electron chi connectivity index (χ2n) is 7.49. The number of carbonyl (C=O) groups excluding carboxylic acids is 2. The van der Waals surface area contributed by atoms with Gasteiger partial charge in [-0.05, 0) is 62.1 Å². The number of thioether (sulfide) groups is 1. The molecular weight excluding hydrogens is 418 g/mol. The molecule has 32 heavy (non-hydrogen) atoms. The Labute approximate surface area is 193 Å². The van der Waals surface area contributed by atoms with E-state index in [-0.39, 0.29) is 11.5 Å². The topological polar surface area (TPSA) is 55.7 Å². The van der Waals surface area contributed by atoms with Crippen LogP contribution >= 0.6 is 11.8 Å². The van der Waals surface area contributed by atoms with Crippen LogP contribution in [0.4, 0.5) is 0 Å². The summed E-state index contributed by atoms with van der Waals surface area (Å²) in [6.45, 7) is 2.13. The average Bonchev–Trinajstić information content (AvgIpc) is 2.84. The van der Waals surface area contributed by atoms with Crippen molar-refractivity contribution in [2.75, 3.05) is 0 Å². The smallest absolute Gasteiger partial charge is 0.312 e. The first-order valence-corrected chi connectivity index (χ1v) is 11.8. The van der Waals surface area contributed by atoms with E-state index in [0.717, 1.165) is 43.4 Å². The van der Waals surface area contributed by atoms with Crippen molar-refractivity contribution in [1.29, 1.82) is 0 Å². The van der Waals surface area contributed by atoms with Crippen LogP contribution in [0.2, 0.25) is 0 Å². The minimum atomic E-state index is -0.616. The zero-order chi connectivity index (χ0) is 22.6. The van der Waals surface area contributed by atoms with Gasteiger partial charge in [-0.3, -0.25) is 4.79 Å². The van der Waals surface area contributed by atoms with Gasteiger partial charge >= 0.3 is 5.97 Å². The molecule has 1 aromatic rings. The van der Waals surface area contributed by atoms with E-state index in [9.17, 15) is 9.59 Å². The number of hydrogen-bond acceptors (Lipinski definition) is 5. The van der Waals surface area contributed by atoms with E-state index in [1.807, 2.05) is 24.3 Å². The number of Topliss-reactive ketones (excluding diaryl/α,β-unsaturated/α-hetero) is 1. The molecule has 0 N–H and O–H groups in total. The van der Waals surface area contributed by atoms with Crippen molar-refractivity contribution in [2.24, 2.45) is 5.16 Å². The average molecular weight is 446 g/mol. The van der Waals surface area contributed by atoms with Crippen LogP contribution in [0.15, 0.2) is 92.7 Å². The Bertz CT molecular complexity index is 1060. The van der Waals surface area contributed by atoms with Gasteiger partial charge in [-0.1, -0.05) is 72.8 Å². The standard InChI is InChI=1S/C27H27NO3S/c1-2-3-4-11-16-25(28-31-27(30)22-12-7-5-8-13-22)26(29)21-17-19-24(20-18-21)32-23-14-9-6-10-15-23/h7,9,12-15,17-20H,2-4,6,10-11,16H2,1H3/b28-25+. The van der Waals surface area contributed by atoms with Crippen LogP contribution < -0.4 is 0 Å². The highest BCUT2D eigenvalue weighted by Crippen LogP contribution is 2.30. The van der Waals surface area contributed by atoms with Gasteiger partial charge in [0.1, 0.15) is 5.71 Å². The maximum atomic E-state index is 13.1. The molecule has 164 valence electrons. The summed E-state index contributed by atoms with van der Waals surface area (Å²) in [6, 6.07) is 7.50. The molecule has 1 aromatic carbocycles. The Kier molecular flexibility index (Phi) is 9.34. The van der Waals surface area contributed by atoms with Gasteiger partial charge < -0.3 is 4.84 Å². The van der Waals surface area contributed by atoms with E-state index < -0.39 is 5.97 Å². The Morgan fingerprint density at radius 3 is 2.62 bits per heavy atom. The molecule has 2 aliphatic rings. The maximum Gasteiger partial charge on any atom is 0.366 e. The van der Waals surface area contributed by atoms with Crippen molar-refractivity contribution in [3.05, 3.63) is 88.2 Å². The quantitative estimate of drug-likeness (QED) is 0.0931. The largest absolute Gasteiger partial charge is 0.366 e. The van der Waals surface area contributed by atoms with Gasteiger partial charge in [0.05, 0.1) is 5.57 Å². The second kappa shape index (κ2) is 12.7. The summed E-state index contributed by atoms with van der Waals surface area (Å²) in [5.74, 6) is -0.828. The summed E-state index contributed by atoms with van der Waals surface area (Å²) in [7, 11) is 0. The van der Waals surface area contributed by atoms with Crippen LogP contribution in [-0.4, -0.2) is 17.5 Å². The summed E-state index contributed by atoms with van der Waals surface area (Å²) in [6.07, 6.45) is 17.8. The number of rotatable bonds is 11. The molecule has 0 atom stereocenters. The van der Waals surface area contributed by atoms with Crippen molar-refractivity contribution in [2.45, 2.75) is 56.8 Å². The molecule has 0 heterocycles. The highest BCUT2D eigenvalue weighted by molar-refractivity contribution is 8.03. The van der Waals surface area contributed by atoms with E-state index >= 15 is 0 Å². The third kappa shape index (κ3) is 7.25. The number of unbranched alkanes of at least 4 members (excludes halogenated alkanes) is 3. The second-order valence-corrected chi connectivity index (χ2v) is 8.64. The lowest BCUT2D eigenvalue weighted by Crippen LogP contribution is -2.16. The predicted molar refractivity (Wildman–Crippen MR) is 130 cm³/mol. The van der Waals surface area contributed by atoms with Crippen molar-refractivity contribution in [3.63, 3.8) is 0 Å². The lowest BCUT2D eigenvalue weighted by atomic mass is 10.0. The monoisotopic (exact) mass is 445 g/mol. The van der Waals surface area contributed by atoms with Crippen LogP contribution in [0.25, 0.3) is 0 Å². The molecule has 0 saturated heterocycles. The third-order valence-corrected chi connectivity index (χ3v) is 6.02. The van der Waals surface area contributed by atoms with Gasteiger partial charge in [-0.25, -0.2) is 4.79 Å². The third-order valence-electron chi connectivity index (χ3n) is 4.97. The van der Waals surface area contributed by atoms with E-state index in [4.69, 9.17) is 4.84 Å². The summed E-state index contributed by atoms with van der Waals surface area (Å²) >= 11 is 1.68. The lowest BCUT2D eigenvalue weighted by Gasteiger charge is -2.08. The van der Waals surface area contributed by atoms with Crippen LogP contribution in [-0.2, 0) is 9.63 Å². The normalized spacial score (nSPS) is 14.8. The summed E-state index contributed by atoms with van der Waals surface area (Å²) in [5, 5.41) is 3.96. The van der Waals surface area contributed by atoms with Gasteiger partial charge in [0.2, 0.25) is 5.78 Å². The van der Waals surface area contributed by atoms with Crippen LogP contribution in [0.1, 0.15) is 62.2 Å². The number of nitrogens with zero attached hydrogens (tertiary/aromatic N) is 1. The van der Waals surface area contributed by atoms with E-state index in [1.165, 1.54) is 11.0 Å². The van der Waals surface area contributed by atoms with Crippen LogP contribution in [0, 0.1) is 0 Å². The van der Waals surface area contributed by atoms with E-state index in [2.05, 4.69) is 41.8 Å². The van der Waals surface area contributed by atoms with Crippen molar-refractivity contribution in [1.82, 2.24) is 0 Å². The summed E-state index contributed by atoms with van der Waals surface area (Å²) in [5.41, 5.74) is 6.56. The first kappa shape index (κ1) is 23.6. The van der Waals surface area contributed by atoms with E-state index in [1.54, 1.807) is 23.9 Å². The van der Waals surface area contributed by atoms with Crippen LogP contribution in [0.5, 0.6) is 0 Å². The molecule has 0 unspecified atom stereocenters. The van der Waals surface area contributed by atoms with E-state index in [0.29, 0.717) is 17.6 Å². The Hall–Kier alpha value is -3.10. The van der Waals surface area contributed by atoms with Crippen molar-refractivity contribution in [3.8, 4) is 0 Å². The predicted octanol–water partition coefficient (Wildman–Crippen LogP) is 6.87. The van der Waals surface area contributed by atoms with Crippen LogP contribution in [0.3, 0.4) is 0 Å². The number of hydrogen-bond donors (Lipinski definition) is 0. The fourth-order valence-electron chi connectivity index (χ4n) is 3.19. The Balaban J connectivity index is 1.69. The number of allylic oxidation sites excluding steroid dienone is 5. The van der Waals surface area contributed by atoms with Gasteiger partial charge in [0.25, 0.3) is 0 Å². The SMILES string of the molecule is CCCCCC/C(=N\OC(=O)C1=CC=C=C=C1)C(=O)c1ccc(SC2=CCCC=C2)cc1. The minimum Gasteiger partial charge on any atom is -0.312 e. The van der Waals surface area contributed by atoms with Crippen molar-refractivity contribution < 1.29 is 14.4 Å². The minimum absolute atomic E-state index is 0.212. The molecule has 3 rings (SSSR count). The molecule has 0 radical (unpaired) electrons. The molecule has 2 aliphatic carbocycles. The molecule has 0 bridgehead atoms. The fourth-order valence-corrected chi connectivity index (χ4v) is 4.10. The molecule has 4 nitrogen and oxygen atoms in total. The first-order valence-electron chi connectivity index (χ1n) is 11.0. The number of benzene rings is 1. The van der Waals surface area contributed by atoms with Gasteiger partial charge in [0.15, 0.2) is 0 Å². The molecule has 0 amide bonds. The zero-order valence-electron chi connectivity index (χ0n) is 18.3. The number of carbonyl (C=O) groups is 2. The lowest BCUT2D eigenvalue weighted by molar-refractivity contribution is -0.138. The number of ketones is 1. The number of oxime groups is 1. The van der Waals surface area contributed by atoms with Gasteiger partial charge in [-0.15, -0.1) is 0 Å². The molecular formula is C27H27NO3S. The van der Waals surface area contributed by atoms with Crippen molar-refractivity contribution >= 4 is 29.2 Å².